The molecular formula is C21H32N4O3. The van der Waals surface area contributed by atoms with Crippen molar-refractivity contribution in [2.45, 2.75) is 25.3 Å². The Morgan fingerprint density at radius 1 is 1.18 bits per heavy atom. The zero-order chi connectivity index (χ0) is 20.3. The number of anilines is 1. The Morgan fingerprint density at radius 2 is 1.89 bits per heavy atom. The zero-order valence-electron chi connectivity index (χ0n) is 17.5. The minimum absolute atomic E-state index is 0.0426. The number of likely N-dealkylation sites (N-methyl/N-ethyl adjacent to an activating group) is 2. The number of hydrogen-bond donors (Lipinski definition) is 0. The Kier molecular flexibility index (Phi) is 6.44. The van der Waals surface area contributed by atoms with Crippen LogP contribution < -0.4 is 9.64 Å². The maximum absolute atomic E-state index is 12.7. The third-order valence-electron chi connectivity index (χ3n) is 5.76. The van der Waals surface area contributed by atoms with Gasteiger partial charge < -0.3 is 24.3 Å². The van der Waals surface area contributed by atoms with Crippen molar-refractivity contribution in [3.05, 3.63) is 23.8 Å². The minimum Gasteiger partial charge on any atom is -0.489 e. The fourth-order valence-electron chi connectivity index (χ4n) is 3.78. The van der Waals surface area contributed by atoms with Crippen LogP contribution in [0.5, 0.6) is 5.75 Å². The summed E-state index contributed by atoms with van der Waals surface area (Å²) in [4.78, 5) is 32.8. The Labute approximate surface area is 167 Å². The van der Waals surface area contributed by atoms with Crippen LogP contribution in [0.1, 0.15) is 29.6 Å². The number of amides is 2. The maximum atomic E-state index is 12.7. The highest BCUT2D eigenvalue weighted by molar-refractivity contribution is 5.95. The van der Waals surface area contributed by atoms with Gasteiger partial charge in [-0.05, 0) is 44.1 Å². The number of hydrogen-bond acceptors (Lipinski definition) is 5. The van der Waals surface area contributed by atoms with Crippen LogP contribution in [-0.4, -0.2) is 93.5 Å². The molecule has 0 aromatic heterocycles. The number of rotatable bonds is 6. The zero-order valence-corrected chi connectivity index (χ0v) is 17.5. The van der Waals surface area contributed by atoms with Crippen LogP contribution in [0, 0.1) is 0 Å². The highest BCUT2D eigenvalue weighted by atomic mass is 16.5. The van der Waals surface area contributed by atoms with Crippen molar-refractivity contribution in [3.63, 3.8) is 0 Å². The van der Waals surface area contributed by atoms with E-state index in [0.717, 1.165) is 37.6 Å². The summed E-state index contributed by atoms with van der Waals surface area (Å²) in [5.41, 5.74) is 1.48. The highest BCUT2D eigenvalue weighted by Gasteiger charge is 2.29. The number of likely N-dealkylation sites (tertiary alicyclic amines) is 1. The normalized spacial score (nSPS) is 19.1. The molecule has 28 heavy (non-hydrogen) atoms. The second-order valence-corrected chi connectivity index (χ2v) is 8.03. The first kappa shape index (κ1) is 20.5. The fourth-order valence-corrected chi connectivity index (χ4v) is 3.78. The average molecular weight is 389 g/mol. The Balaban J connectivity index is 1.61. The van der Waals surface area contributed by atoms with Crippen LogP contribution in [0.3, 0.4) is 0 Å². The predicted molar refractivity (Wildman–Crippen MR) is 110 cm³/mol. The minimum atomic E-state index is -0.0453. The SMILES string of the molecule is CN(C)C(=O)c1ccc2c(c1)N(C)[C@@H](CC(=O)N(C)CCN1CCCC1)CO2. The molecule has 3 rings (SSSR count). The van der Waals surface area contributed by atoms with Gasteiger partial charge in [0.15, 0.2) is 0 Å². The van der Waals surface area contributed by atoms with E-state index >= 15 is 0 Å². The molecule has 2 heterocycles. The van der Waals surface area contributed by atoms with Gasteiger partial charge in [0.05, 0.1) is 18.2 Å². The van der Waals surface area contributed by atoms with Crippen LogP contribution in [0.4, 0.5) is 5.69 Å². The summed E-state index contributed by atoms with van der Waals surface area (Å²) in [5.74, 6) is 0.837. The van der Waals surface area contributed by atoms with Gasteiger partial charge in [-0.3, -0.25) is 9.59 Å². The van der Waals surface area contributed by atoms with Gasteiger partial charge in [-0.1, -0.05) is 0 Å². The van der Waals surface area contributed by atoms with E-state index in [-0.39, 0.29) is 17.9 Å². The lowest BCUT2D eigenvalue weighted by Gasteiger charge is -2.36. The standard InChI is InChI=1S/C21H32N4O3/c1-22(2)21(27)16-7-8-19-18(13-16)24(4)17(15-28-19)14-20(26)23(3)11-12-25-9-5-6-10-25/h7-8,13,17H,5-6,9-12,14-15H2,1-4H3/t17-/m0/s1. The quantitative estimate of drug-likeness (QED) is 0.740. The van der Waals surface area contributed by atoms with Gasteiger partial charge in [0.1, 0.15) is 12.4 Å². The fraction of sp³-hybridized carbons (Fsp3) is 0.619. The van der Waals surface area contributed by atoms with Gasteiger partial charge in [0.2, 0.25) is 5.91 Å². The van der Waals surface area contributed by atoms with Crippen LogP contribution in [-0.2, 0) is 4.79 Å². The molecular weight excluding hydrogens is 356 g/mol. The second-order valence-electron chi connectivity index (χ2n) is 8.03. The van der Waals surface area contributed by atoms with Crippen molar-refractivity contribution in [3.8, 4) is 5.75 Å². The first-order valence-corrected chi connectivity index (χ1v) is 10.0. The molecule has 2 amide bonds. The molecule has 1 atom stereocenters. The molecule has 7 nitrogen and oxygen atoms in total. The molecule has 1 fully saturated rings. The summed E-state index contributed by atoms with van der Waals surface area (Å²) < 4.78 is 5.88. The van der Waals surface area contributed by atoms with Gasteiger partial charge in [-0.2, -0.15) is 0 Å². The molecule has 2 aliphatic heterocycles. The van der Waals surface area contributed by atoms with Crippen LogP contribution >= 0.6 is 0 Å². The van der Waals surface area contributed by atoms with Gasteiger partial charge in [0, 0.05) is 46.8 Å². The van der Waals surface area contributed by atoms with Crippen molar-refractivity contribution in [1.82, 2.24) is 14.7 Å². The van der Waals surface area contributed by atoms with E-state index in [9.17, 15) is 9.59 Å². The lowest BCUT2D eigenvalue weighted by atomic mass is 10.1. The van der Waals surface area contributed by atoms with Crippen molar-refractivity contribution in [2.75, 3.05) is 65.9 Å². The molecule has 0 aliphatic carbocycles. The number of benzene rings is 1. The maximum Gasteiger partial charge on any atom is 0.253 e. The van der Waals surface area contributed by atoms with Gasteiger partial charge in [-0.15, -0.1) is 0 Å². The van der Waals surface area contributed by atoms with E-state index in [0.29, 0.717) is 18.6 Å². The van der Waals surface area contributed by atoms with Gasteiger partial charge >= 0.3 is 0 Å². The summed E-state index contributed by atoms with van der Waals surface area (Å²) in [7, 11) is 7.32. The van der Waals surface area contributed by atoms with Crippen molar-refractivity contribution in [2.24, 2.45) is 0 Å². The topological polar surface area (TPSA) is 56.3 Å². The number of carbonyl (C=O) groups excluding carboxylic acids is 2. The molecule has 2 aliphatic rings. The number of ether oxygens (including phenoxy) is 1. The molecule has 0 radical (unpaired) electrons. The molecule has 7 heteroatoms. The lowest BCUT2D eigenvalue weighted by molar-refractivity contribution is -0.130. The number of nitrogens with zero attached hydrogens (tertiary/aromatic N) is 4. The molecule has 154 valence electrons. The van der Waals surface area contributed by atoms with Gasteiger partial charge in [-0.25, -0.2) is 0 Å². The van der Waals surface area contributed by atoms with Crippen LogP contribution in [0.25, 0.3) is 0 Å². The first-order valence-electron chi connectivity index (χ1n) is 10.0. The van der Waals surface area contributed by atoms with Crippen LogP contribution in [0.15, 0.2) is 18.2 Å². The molecule has 1 aromatic rings. The summed E-state index contributed by atoms with van der Waals surface area (Å²) >= 11 is 0. The van der Waals surface area contributed by atoms with E-state index < -0.39 is 0 Å². The molecule has 0 spiro atoms. The molecule has 1 saturated heterocycles. The van der Waals surface area contributed by atoms with Gasteiger partial charge in [0.25, 0.3) is 5.91 Å². The third-order valence-corrected chi connectivity index (χ3v) is 5.76. The van der Waals surface area contributed by atoms with Crippen molar-refractivity contribution < 1.29 is 14.3 Å². The van der Waals surface area contributed by atoms with Crippen molar-refractivity contribution >= 4 is 17.5 Å². The Morgan fingerprint density at radius 3 is 2.57 bits per heavy atom. The summed E-state index contributed by atoms with van der Waals surface area (Å²) in [5, 5.41) is 0. The van der Waals surface area contributed by atoms with E-state index in [1.165, 1.54) is 12.8 Å². The summed E-state index contributed by atoms with van der Waals surface area (Å²) in [6, 6.07) is 5.43. The summed E-state index contributed by atoms with van der Waals surface area (Å²) in [6.07, 6.45) is 2.93. The number of fused-ring (bicyclic) bond motifs is 1. The van der Waals surface area contributed by atoms with E-state index in [1.54, 1.807) is 25.1 Å². The molecule has 1 aromatic carbocycles. The Hall–Kier alpha value is -2.28. The van der Waals surface area contributed by atoms with E-state index in [1.807, 2.05) is 31.1 Å². The van der Waals surface area contributed by atoms with Crippen LogP contribution in [0.2, 0.25) is 0 Å². The average Bonchev–Trinajstić information content (AvgIpc) is 3.21. The lowest BCUT2D eigenvalue weighted by Crippen LogP contribution is -2.45. The smallest absolute Gasteiger partial charge is 0.253 e. The first-order chi connectivity index (χ1) is 13.4. The second kappa shape index (κ2) is 8.82. The molecule has 0 N–H and O–H groups in total. The monoisotopic (exact) mass is 388 g/mol. The van der Waals surface area contributed by atoms with E-state index in [4.69, 9.17) is 4.74 Å². The third kappa shape index (κ3) is 4.58. The predicted octanol–water partition coefficient (Wildman–Crippen LogP) is 1.53. The molecule has 0 bridgehead atoms. The number of carbonyl (C=O) groups is 2. The largest absolute Gasteiger partial charge is 0.489 e. The van der Waals surface area contributed by atoms with Crippen molar-refractivity contribution in [1.29, 1.82) is 0 Å². The van der Waals surface area contributed by atoms with E-state index in [2.05, 4.69) is 9.80 Å². The summed E-state index contributed by atoms with van der Waals surface area (Å²) in [6.45, 7) is 4.46. The molecule has 0 unspecified atom stereocenters. The Bertz CT molecular complexity index is 716. The molecule has 0 saturated carbocycles. The highest BCUT2D eigenvalue weighted by Crippen LogP contribution is 2.34.